The molecular formula is C26H27NO4. The maximum Gasteiger partial charge on any atom is 0.355 e. The Kier molecular flexibility index (Phi) is 6.21. The molecule has 31 heavy (non-hydrogen) atoms. The number of rotatable bonds is 7. The fourth-order valence-corrected chi connectivity index (χ4v) is 4.25. The van der Waals surface area contributed by atoms with Gasteiger partial charge in [-0.25, -0.2) is 4.79 Å². The average molecular weight is 418 g/mol. The maximum atomic E-state index is 12.9. The van der Waals surface area contributed by atoms with Crippen LogP contribution in [0.3, 0.4) is 0 Å². The number of aromatic nitrogens is 1. The summed E-state index contributed by atoms with van der Waals surface area (Å²) in [4.78, 5) is 28.7. The molecule has 0 unspecified atom stereocenters. The number of fused-ring (bicyclic) bond motifs is 1. The van der Waals surface area contributed by atoms with Crippen molar-refractivity contribution in [3.05, 3.63) is 88.2 Å². The summed E-state index contributed by atoms with van der Waals surface area (Å²) in [7, 11) is 0. The van der Waals surface area contributed by atoms with Crippen molar-refractivity contribution >= 4 is 11.8 Å². The minimum atomic E-state index is -0.409. The fraction of sp³-hybridized carbons (Fsp3) is 0.308. The predicted molar refractivity (Wildman–Crippen MR) is 119 cm³/mol. The van der Waals surface area contributed by atoms with Crippen LogP contribution in [0.2, 0.25) is 0 Å². The van der Waals surface area contributed by atoms with Crippen LogP contribution in [0.25, 0.3) is 0 Å². The van der Waals surface area contributed by atoms with E-state index < -0.39 is 5.97 Å². The summed E-state index contributed by atoms with van der Waals surface area (Å²) < 4.78 is 11.0. The molecule has 1 aliphatic carbocycles. The number of carbonyl (C=O) groups is 2. The molecule has 0 radical (unpaired) electrons. The number of carbonyl (C=O) groups excluding carboxylic acids is 2. The fourth-order valence-electron chi connectivity index (χ4n) is 4.25. The van der Waals surface area contributed by atoms with Gasteiger partial charge < -0.3 is 14.5 Å². The Labute approximate surface area is 182 Å². The van der Waals surface area contributed by atoms with E-state index in [1.807, 2.05) is 68.4 Å². The Bertz CT molecular complexity index is 1070. The molecule has 0 spiro atoms. The Hall–Kier alpha value is -3.34. The van der Waals surface area contributed by atoms with Crippen LogP contribution in [-0.2, 0) is 17.6 Å². The molecule has 0 aliphatic heterocycles. The molecule has 2 aromatic carbocycles. The Balaban J connectivity index is 1.46. The van der Waals surface area contributed by atoms with E-state index in [-0.39, 0.29) is 11.7 Å². The summed E-state index contributed by atoms with van der Waals surface area (Å²) in [6.45, 7) is 4.69. The van der Waals surface area contributed by atoms with Crippen molar-refractivity contribution in [2.75, 3.05) is 13.2 Å². The monoisotopic (exact) mass is 417 g/mol. The number of Topliss-reactive ketones (excluding diaryl/α,β-unsaturated/α-hetero) is 1. The highest BCUT2D eigenvalue weighted by molar-refractivity contribution is 6.03. The first-order valence-corrected chi connectivity index (χ1v) is 10.7. The number of hydrogen-bond acceptors (Lipinski definition) is 4. The van der Waals surface area contributed by atoms with Crippen LogP contribution in [0.5, 0.6) is 5.75 Å². The maximum absolute atomic E-state index is 12.9. The number of hydrogen-bond donors (Lipinski definition) is 1. The lowest BCUT2D eigenvalue weighted by Crippen LogP contribution is -2.18. The van der Waals surface area contributed by atoms with Gasteiger partial charge in [-0.15, -0.1) is 0 Å². The summed E-state index contributed by atoms with van der Waals surface area (Å²) in [5.41, 5.74) is 4.77. The Morgan fingerprint density at radius 3 is 2.52 bits per heavy atom. The van der Waals surface area contributed by atoms with E-state index >= 15 is 0 Å². The van der Waals surface area contributed by atoms with Crippen molar-refractivity contribution in [1.82, 2.24) is 4.98 Å². The second-order valence-corrected chi connectivity index (χ2v) is 7.88. The zero-order valence-corrected chi connectivity index (χ0v) is 17.9. The summed E-state index contributed by atoms with van der Waals surface area (Å²) in [6, 6.07) is 17.8. The third-order valence-electron chi connectivity index (χ3n) is 5.82. The number of H-pyrrole nitrogens is 1. The predicted octanol–water partition coefficient (Wildman–Crippen LogP) is 5.03. The number of benzene rings is 2. The number of nitrogens with one attached hydrogen (secondary N) is 1. The van der Waals surface area contributed by atoms with E-state index in [1.165, 1.54) is 0 Å². The van der Waals surface area contributed by atoms with Crippen LogP contribution in [-0.4, -0.2) is 30.0 Å². The van der Waals surface area contributed by atoms with Gasteiger partial charge in [0.1, 0.15) is 11.4 Å². The number of esters is 1. The largest absolute Gasteiger partial charge is 0.494 e. The van der Waals surface area contributed by atoms with Crippen LogP contribution in [0.1, 0.15) is 62.5 Å². The molecule has 1 aliphatic rings. The van der Waals surface area contributed by atoms with Crippen molar-refractivity contribution in [3.63, 3.8) is 0 Å². The van der Waals surface area contributed by atoms with Gasteiger partial charge in [0.15, 0.2) is 5.78 Å². The van der Waals surface area contributed by atoms with Crippen molar-refractivity contribution in [3.8, 4) is 5.75 Å². The normalized spacial score (nSPS) is 15.4. The van der Waals surface area contributed by atoms with Gasteiger partial charge in [-0.05, 0) is 55.0 Å². The summed E-state index contributed by atoms with van der Waals surface area (Å²) >= 11 is 0. The second-order valence-electron chi connectivity index (χ2n) is 7.88. The molecule has 0 saturated carbocycles. The molecule has 0 fully saturated rings. The lowest BCUT2D eigenvalue weighted by atomic mass is 9.81. The molecule has 1 atom stereocenters. The molecule has 5 heteroatoms. The van der Waals surface area contributed by atoms with Crippen LogP contribution in [0.15, 0.2) is 54.6 Å². The average Bonchev–Trinajstić information content (AvgIpc) is 3.12. The smallest absolute Gasteiger partial charge is 0.355 e. The first kappa shape index (κ1) is 20.9. The third-order valence-corrected chi connectivity index (χ3v) is 5.82. The lowest BCUT2D eigenvalue weighted by Gasteiger charge is -2.22. The summed E-state index contributed by atoms with van der Waals surface area (Å²) in [5.74, 6) is 0.562. The first-order chi connectivity index (χ1) is 15.1. The molecule has 1 heterocycles. The van der Waals surface area contributed by atoms with Gasteiger partial charge in [0.25, 0.3) is 0 Å². The van der Waals surface area contributed by atoms with Gasteiger partial charge in [0.2, 0.25) is 0 Å². The van der Waals surface area contributed by atoms with E-state index in [0.717, 1.165) is 22.6 Å². The van der Waals surface area contributed by atoms with Gasteiger partial charge in [0.05, 0.1) is 13.2 Å². The molecule has 3 aromatic rings. The summed E-state index contributed by atoms with van der Waals surface area (Å²) in [6.07, 6.45) is 1.78. The third kappa shape index (κ3) is 4.55. The molecule has 160 valence electrons. The minimum Gasteiger partial charge on any atom is -0.494 e. The second kappa shape index (κ2) is 9.21. The van der Waals surface area contributed by atoms with Crippen LogP contribution < -0.4 is 4.74 Å². The Morgan fingerprint density at radius 1 is 1.06 bits per heavy atom. The van der Waals surface area contributed by atoms with Crippen LogP contribution in [0.4, 0.5) is 0 Å². The highest BCUT2D eigenvalue weighted by Crippen LogP contribution is 2.35. The van der Waals surface area contributed by atoms with Crippen molar-refractivity contribution in [2.45, 2.75) is 39.0 Å². The SMILES string of the molecule is CCOc1ccc([C@@H]2CC(=O)c3c([nH]c(C(=O)OCCc4ccccc4)c3C)C2)cc1. The van der Waals surface area contributed by atoms with Gasteiger partial charge >= 0.3 is 5.97 Å². The van der Waals surface area contributed by atoms with E-state index in [4.69, 9.17) is 9.47 Å². The minimum absolute atomic E-state index is 0.0669. The molecule has 4 rings (SSSR count). The quantitative estimate of drug-likeness (QED) is 0.547. The number of aromatic amines is 1. The van der Waals surface area contributed by atoms with Crippen molar-refractivity contribution in [2.24, 2.45) is 0 Å². The lowest BCUT2D eigenvalue weighted by molar-refractivity contribution is 0.0502. The van der Waals surface area contributed by atoms with E-state index in [1.54, 1.807) is 0 Å². The van der Waals surface area contributed by atoms with Gasteiger partial charge in [-0.3, -0.25) is 4.79 Å². The molecular weight excluding hydrogens is 390 g/mol. The van der Waals surface area contributed by atoms with Crippen molar-refractivity contribution in [1.29, 1.82) is 0 Å². The molecule has 0 bridgehead atoms. The van der Waals surface area contributed by atoms with Crippen molar-refractivity contribution < 1.29 is 19.1 Å². The molecule has 1 N–H and O–H groups in total. The topological polar surface area (TPSA) is 68.4 Å². The van der Waals surface area contributed by atoms with Gasteiger partial charge in [0, 0.05) is 24.1 Å². The van der Waals surface area contributed by atoms with E-state index in [0.29, 0.717) is 49.3 Å². The highest BCUT2D eigenvalue weighted by atomic mass is 16.5. The van der Waals surface area contributed by atoms with E-state index in [2.05, 4.69) is 4.98 Å². The molecule has 5 nitrogen and oxygen atoms in total. The van der Waals surface area contributed by atoms with Crippen LogP contribution in [0, 0.1) is 6.92 Å². The standard InChI is InChI=1S/C26H27NO4/c1-3-30-21-11-9-19(10-12-21)20-15-22-24(23(28)16-20)17(2)25(27-22)26(29)31-14-13-18-7-5-4-6-8-18/h4-12,20,27H,3,13-16H2,1-2H3/t20-/m0/s1. The Morgan fingerprint density at radius 2 is 1.81 bits per heavy atom. The number of ether oxygens (including phenoxy) is 2. The van der Waals surface area contributed by atoms with E-state index in [9.17, 15) is 9.59 Å². The van der Waals surface area contributed by atoms with Gasteiger partial charge in [-0.2, -0.15) is 0 Å². The highest BCUT2D eigenvalue weighted by Gasteiger charge is 2.32. The molecule has 0 amide bonds. The zero-order valence-electron chi connectivity index (χ0n) is 17.9. The first-order valence-electron chi connectivity index (χ1n) is 10.7. The van der Waals surface area contributed by atoms with Gasteiger partial charge in [-0.1, -0.05) is 42.5 Å². The zero-order chi connectivity index (χ0) is 21.8. The number of ketones is 1. The summed E-state index contributed by atoms with van der Waals surface area (Å²) in [5, 5.41) is 0. The molecule has 1 aromatic heterocycles. The molecule has 0 saturated heterocycles. The van der Waals surface area contributed by atoms with Crippen LogP contribution >= 0.6 is 0 Å².